The predicted octanol–water partition coefficient (Wildman–Crippen LogP) is 2.40. The molecule has 8 heteroatoms. The highest BCUT2D eigenvalue weighted by atomic mass is 32.2. The summed E-state index contributed by atoms with van der Waals surface area (Å²) >= 11 is 1.49. The number of anilines is 1. The first-order chi connectivity index (χ1) is 11.2. The molecule has 0 aliphatic heterocycles. The number of carboxylic acid groups (broad SMARTS) is 1. The minimum atomic E-state index is -3.41. The number of nitrogens with one attached hydrogen (secondary N) is 1. The molecule has 0 spiro atoms. The fourth-order valence-corrected chi connectivity index (χ4v) is 4.54. The predicted molar refractivity (Wildman–Crippen MR) is 97.0 cm³/mol. The van der Waals surface area contributed by atoms with E-state index in [1.807, 2.05) is 6.07 Å². The number of amides is 1. The van der Waals surface area contributed by atoms with Gasteiger partial charge in [-0.1, -0.05) is 26.0 Å². The van der Waals surface area contributed by atoms with Gasteiger partial charge in [-0.3, -0.25) is 9.59 Å². The Morgan fingerprint density at radius 2 is 2.00 bits per heavy atom. The maximum Gasteiger partial charge on any atom is 0.304 e. The van der Waals surface area contributed by atoms with Gasteiger partial charge in [-0.15, -0.1) is 0 Å². The Balaban J connectivity index is 2.54. The second-order valence-electron chi connectivity index (χ2n) is 5.89. The van der Waals surface area contributed by atoms with E-state index >= 15 is 0 Å². The van der Waals surface area contributed by atoms with E-state index in [1.54, 1.807) is 32.0 Å². The van der Waals surface area contributed by atoms with Crippen LogP contribution in [-0.4, -0.2) is 42.7 Å². The molecule has 1 aromatic carbocycles. The molecule has 0 saturated carbocycles. The van der Waals surface area contributed by atoms with Gasteiger partial charge in [0.2, 0.25) is 5.91 Å². The number of carbonyl (C=O) groups excluding carboxylic acids is 1. The molecule has 0 heterocycles. The maximum absolute atomic E-state index is 11.9. The van der Waals surface area contributed by atoms with E-state index in [0.717, 1.165) is 5.56 Å². The quantitative estimate of drug-likeness (QED) is 0.611. The zero-order valence-electron chi connectivity index (χ0n) is 13.8. The third-order valence-electron chi connectivity index (χ3n) is 2.88. The largest absolute Gasteiger partial charge is 0.481 e. The molecule has 1 aromatic rings. The summed E-state index contributed by atoms with van der Waals surface area (Å²) in [6.45, 7) is 3.59. The van der Waals surface area contributed by atoms with Crippen LogP contribution < -0.4 is 5.32 Å². The Labute approximate surface area is 146 Å². The smallest absolute Gasteiger partial charge is 0.304 e. The van der Waals surface area contributed by atoms with Crippen LogP contribution in [0.4, 0.5) is 5.69 Å². The summed E-state index contributed by atoms with van der Waals surface area (Å²) < 4.78 is 23.7. The Morgan fingerprint density at radius 3 is 2.62 bits per heavy atom. The molecule has 6 nitrogen and oxygen atoms in total. The molecule has 0 saturated heterocycles. The van der Waals surface area contributed by atoms with Gasteiger partial charge in [0.05, 0.1) is 12.2 Å². The fraction of sp³-hybridized carbons (Fsp3) is 0.500. The van der Waals surface area contributed by atoms with Crippen LogP contribution in [0.1, 0.15) is 25.8 Å². The van der Waals surface area contributed by atoms with Crippen LogP contribution in [0.2, 0.25) is 0 Å². The lowest BCUT2D eigenvalue weighted by molar-refractivity contribution is -0.136. The summed E-state index contributed by atoms with van der Waals surface area (Å²) in [7, 11) is -3.41. The summed E-state index contributed by atoms with van der Waals surface area (Å²) in [6.07, 6.45) is 0.106. The van der Waals surface area contributed by atoms with Crippen molar-refractivity contribution in [2.45, 2.75) is 26.0 Å². The van der Waals surface area contributed by atoms with Gasteiger partial charge in [0.15, 0.2) is 9.84 Å². The van der Waals surface area contributed by atoms with Crippen LogP contribution >= 0.6 is 11.8 Å². The van der Waals surface area contributed by atoms with E-state index in [2.05, 4.69) is 5.32 Å². The molecule has 0 fully saturated rings. The van der Waals surface area contributed by atoms with Crippen LogP contribution in [0.25, 0.3) is 0 Å². The lowest BCUT2D eigenvalue weighted by Crippen LogP contribution is -2.26. The van der Waals surface area contributed by atoms with Gasteiger partial charge in [-0.25, -0.2) is 8.42 Å². The first-order valence-corrected chi connectivity index (χ1v) is 10.5. The second kappa shape index (κ2) is 9.68. The number of carbonyl (C=O) groups is 2. The summed E-state index contributed by atoms with van der Waals surface area (Å²) in [5.74, 6) is -0.794. The van der Waals surface area contributed by atoms with Crippen molar-refractivity contribution < 1.29 is 23.1 Å². The lowest BCUT2D eigenvalue weighted by atomic mass is 10.2. The molecule has 0 aliphatic rings. The molecule has 2 N–H and O–H groups in total. The molecule has 0 aromatic heterocycles. The number of thioether (sulfide) groups is 1. The summed E-state index contributed by atoms with van der Waals surface area (Å²) in [6, 6.07) is 7.10. The van der Waals surface area contributed by atoms with Crippen molar-refractivity contribution >= 4 is 39.2 Å². The van der Waals surface area contributed by atoms with Gasteiger partial charge in [0.25, 0.3) is 0 Å². The number of carboxylic acids is 1. The normalized spacial score (nSPS) is 11.5. The third kappa shape index (κ3) is 8.93. The molecular formula is C16H23NO5S2. The molecule has 0 unspecified atom stereocenters. The van der Waals surface area contributed by atoms with Crippen LogP contribution in [0.15, 0.2) is 24.3 Å². The van der Waals surface area contributed by atoms with Gasteiger partial charge in [0, 0.05) is 17.2 Å². The number of sulfone groups is 1. The first-order valence-electron chi connectivity index (χ1n) is 7.56. The fourth-order valence-electron chi connectivity index (χ4n) is 2.05. The van der Waals surface area contributed by atoms with E-state index in [4.69, 9.17) is 5.11 Å². The first kappa shape index (κ1) is 20.5. The summed E-state index contributed by atoms with van der Waals surface area (Å²) in [5, 5.41) is 11.2. The molecule has 134 valence electrons. The molecule has 1 rings (SSSR count). The van der Waals surface area contributed by atoms with Gasteiger partial charge in [-0.2, -0.15) is 11.8 Å². The number of hydrogen-bond donors (Lipinski definition) is 2. The molecule has 24 heavy (non-hydrogen) atoms. The SMILES string of the molecule is CC(C)CS(=O)(=O)CC(=O)Nc1cccc(CSCCC(=O)O)c1. The average molecular weight is 373 g/mol. The molecule has 0 atom stereocenters. The maximum atomic E-state index is 11.9. The van der Waals surface area contributed by atoms with E-state index in [0.29, 0.717) is 17.2 Å². The van der Waals surface area contributed by atoms with Crippen molar-refractivity contribution in [3.63, 3.8) is 0 Å². The second-order valence-corrected chi connectivity index (χ2v) is 9.11. The van der Waals surface area contributed by atoms with Crippen LogP contribution in [0, 0.1) is 5.92 Å². The van der Waals surface area contributed by atoms with Crippen molar-refractivity contribution in [1.82, 2.24) is 0 Å². The standard InChI is InChI=1S/C16H23NO5S2/c1-12(2)10-24(21,22)11-15(18)17-14-5-3-4-13(8-14)9-23-7-6-16(19)20/h3-5,8,12H,6-7,9-11H2,1-2H3,(H,17,18)(H,19,20). The van der Waals surface area contributed by atoms with Crippen LogP contribution in [0.3, 0.4) is 0 Å². The van der Waals surface area contributed by atoms with Crippen LogP contribution in [0.5, 0.6) is 0 Å². The van der Waals surface area contributed by atoms with E-state index in [1.165, 1.54) is 11.8 Å². The van der Waals surface area contributed by atoms with Crippen molar-refractivity contribution in [2.24, 2.45) is 5.92 Å². The molecule has 0 aliphatic carbocycles. The lowest BCUT2D eigenvalue weighted by Gasteiger charge is -2.09. The van der Waals surface area contributed by atoms with Crippen molar-refractivity contribution in [3.8, 4) is 0 Å². The number of hydrogen-bond acceptors (Lipinski definition) is 5. The Hall–Kier alpha value is -1.54. The Kier molecular flexibility index (Phi) is 8.27. The van der Waals surface area contributed by atoms with Gasteiger partial charge in [-0.05, 0) is 23.6 Å². The summed E-state index contributed by atoms with van der Waals surface area (Å²) in [4.78, 5) is 22.4. The average Bonchev–Trinajstić information content (AvgIpc) is 2.41. The van der Waals surface area contributed by atoms with E-state index in [9.17, 15) is 18.0 Å². The van der Waals surface area contributed by atoms with E-state index in [-0.39, 0.29) is 18.1 Å². The number of aliphatic carboxylic acids is 1. The van der Waals surface area contributed by atoms with E-state index < -0.39 is 27.5 Å². The number of rotatable bonds is 10. The van der Waals surface area contributed by atoms with Gasteiger partial charge in [0.1, 0.15) is 5.75 Å². The Bertz CT molecular complexity index is 671. The summed E-state index contributed by atoms with van der Waals surface area (Å²) in [5.41, 5.74) is 1.48. The van der Waals surface area contributed by atoms with Gasteiger partial charge >= 0.3 is 5.97 Å². The van der Waals surface area contributed by atoms with Crippen molar-refractivity contribution in [3.05, 3.63) is 29.8 Å². The van der Waals surface area contributed by atoms with Gasteiger partial charge < -0.3 is 10.4 Å². The number of benzene rings is 1. The molecular weight excluding hydrogens is 350 g/mol. The zero-order valence-corrected chi connectivity index (χ0v) is 15.5. The monoisotopic (exact) mass is 373 g/mol. The minimum Gasteiger partial charge on any atom is -0.481 e. The highest BCUT2D eigenvalue weighted by molar-refractivity contribution is 7.98. The highest BCUT2D eigenvalue weighted by Crippen LogP contribution is 2.17. The Morgan fingerprint density at radius 1 is 1.29 bits per heavy atom. The van der Waals surface area contributed by atoms with Crippen LogP contribution in [-0.2, 0) is 25.2 Å². The highest BCUT2D eigenvalue weighted by Gasteiger charge is 2.18. The van der Waals surface area contributed by atoms with Crippen molar-refractivity contribution in [2.75, 3.05) is 22.6 Å². The topological polar surface area (TPSA) is 101 Å². The molecule has 0 bridgehead atoms. The van der Waals surface area contributed by atoms with Crippen molar-refractivity contribution in [1.29, 1.82) is 0 Å². The molecule has 0 radical (unpaired) electrons. The molecule has 1 amide bonds. The third-order valence-corrected chi connectivity index (χ3v) is 5.78. The zero-order chi connectivity index (χ0) is 18.2. The minimum absolute atomic E-state index is 0.0132.